The first-order valence-electron chi connectivity index (χ1n) is 7.62. The predicted octanol–water partition coefficient (Wildman–Crippen LogP) is 1.52. The molecule has 0 bridgehead atoms. The number of anilines is 1. The lowest BCUT2D eigenvalue weighted by Crippen LogP contribution is -2.52. The highest BCUT2D eigenvalue weighted by molar-refractivity contribution is 5.69. The van der Waals surface area contributed by atoms with Crippen LogP contribution in [-0.4, -0.2) is 51.1 Å². The first-order chi connectivity index (χ1) is 10.1. The zero-order chi connectivity index (χ0) is 14.8. The maximum absolute atomic E-state index is 11.0. The number of carboxylic acid groups (broad SMARTS) is 1. The summed E-state index contributed by atoms with van der Waals surface area (Å²) in [6.07, 6.45) is 7.85. The third kappa shape index (κ3) is 3.69. The number of nitrogens with zero attached hydrogens (tertiary/aromatic N) is 3. The van der Waals surface area contributed by atoms with E-state index in [4.69, 9.17) is 5.11 Å². The number of nitrogens with one attached hydrogen (secondary N) is 1. The van der Waals surface area contributed by atoms with Gasteiger partial charge in [-0.15, -0.1) is 0 Å². The zero-order valence-corrected chi connectivity index (χ0v) is 12.3. The molecule has 1 aromatic rings. The van der Waals surface area contributed by atoms with Crippen LogP contribution >= 0.6 is 0 Å². The molecule has 0 amide bonds. The van der Waals surface area contributed by atoms with Crippen molar-refractivity contribution in [3.63, 3.8) is 0 Å². The molecular formula is C15H22N4O2. The molecule has 2 N–H and O–H groups in total. The van der Waals surface area contributed by atoms with Gasteiger partial charge >= 0.3 is 5.97 Å². The second-order valence-corrected chi connectivity index (χ2v) is 6.22. The van der Waals surface area contributed by atoms with E-state index in [2.05, 4.69) is 20.2 Å². The summed E-state index contributed by atoms with van der Waals surface area (Å²) < 4.78 is 0. The van der Waals surface area contributed by atoms with Crippen molar-refractivity contribution < 1.29 is 9.90 Å². The normalized spacial score (nSPS) is 24.7. The van der Waals surface area contributed by atoms with Gasteiger partial charge in [0.05, 0.1) is 12.2 Å². The number of aromatic nitrogens is 2. The highest BCUT2D eigenvalue weighted by atomic mass is 16.4. The molecule has 0 saturated heterocycles. The molecule has 2 fully saturated rings. The van der Waals surface area contributed by atoms with Gasteiger partial charge in [0.2, 0.25) is 0 Å². The van der Waals surface area contributed by atoms with Gasteiger partial charge in [-0.2, -0.15) is 0 Å². The Hall–Kier alpha value is -1.69. The Morgan fingerprint density at radius 3 is 2.71 bits per heavy atom. The molecule has 0 spiro atoms. The van der Waals surface area contributed by atoms with Crippen molar-refractivity contribution in [3.05, 3.63) is 18.1 Å². The zero-order valence-electron chi connectivity index (χ0n) is 12.3. The molecule has 2 aliphatic rings. The minimum atomic E-state index is -0.725. The number of hydrogen-bond acceptors (Lipinski definition) is 5. The van der Waals surface area contributed by atoms with Crippen LogP contribution < -0.4 is 5.32 Å². The Morgan fingerprint density at radius 2 is 2.10 bits per heavy atom. The number of hydrogen-bond donors (Lipinski definition) is 2. The Balaban J connectivity index is 1.51. The van der Waals surface area contributed by atoms with E-state index in [0.717, 1.165) is 36.8 Å². The molecule has 1 heterocycles. The first kappa shape index (κ1) is 14.3. The smallest absolute Gasteiger partial charge is 0.317 e. The predicted molar refractivity (Wildman–Crippen MR) is 79.1 cm³/mol. The van der Waals surface area contributed by atoms with E-state index in [1.807, 2.05) is 6.92 Å². The average Bonchev–Trinajstić information content (AvgIpc) is 3.18. The van der Waals surface area contributed by atoms with Gasteiger partial charge in [-0.25, -0.2) is 4.98 Å². The Morgan fingerprint density at radius 1 is 1.38 bits per heavy atom. The largest absolute Gasteiger partial charge is 0.480 e. The Kier molecular flexibility index (Phi) is 4.05. The molecule has 0 radical (unpaired) electrons. The van der Waals surface area contributed by atoms with E-state index < -0.39 is 5.97 Å². The van der Waals surface area contributed by atoms with Crippen LogP contribution in [0.3, 0.4) is 0 Å². The van der Waals surface area contributed by atoms with Gasteiger partial charge in [0, 0.05) is 31.0 Å². The fourth-order valence-corrected chi connectivity index (χ4v) is 2.89. The summed E-state index contributed by atoms with van der Waals surface area (Å²) in [5.41, 5.74) is 0.904. The molecule has 21 heavy (non-hydrogen) atoms. The Labute approximate surface area is 124 Å². The van der Waals surface area contributed by atoms with Crippen LogP contribution in [0.2, 0.25) is 0 Å². The van der Waals surface area contributed by atoms with Crippen molar-refractivity contribution in [2.75, 3.05) is 18.4 Å². The van der Waals surface area contributed by atoms with Crippen LogP contribution in [0.25, 0.3) is 0 Å². The summed E-state index contributed by atoms with van der Waals surface area (Å²) >= 11 is 0. The van der Waals surface area contributed by atoms with Crippen LogP contribution in [0, 0.1) is 12.8 Å². The van der Waals surface area contributed by atoms with Crippen molar-refractivity contribution in [2.24, 2.45) is 5.92 Å². The third-order valence-corrected chi connectivity index (χ3v) is 4.38. The lowest BCUT2D eigenvalue weighted by atomic mass is 9.85. The Bertz CT molecular complexity index is 512. The second kappa shape index (κ2) is 5.97. The summed E-state index contributed by atoms with van der Waals surface area (Å²) in [6.45, 7) is 3.04. The summed E-state index contributed by atoms with van der Waals surface area (Å²) in [5.74, 6) is 0.836. The number of rotatable bonds is 7. The lowest BCUT2D eigenvalue weighted by Gasteiger charge is -2.43. The SMILES string of the molecule is Cc1nccnc1NC1CC(N(CC(=O)O)CC2CC2)C1. The number of aryl methyl sites for hydroxylation is 1. The van der Waals surface area contributed by atoms with Gasteiger partial charge < -0.3 is 10.4 Å². The van der Waals surface area contributed by atoms with Gasteiger partial charge in [-0.3, -0.25) is 14.7 Å². The monoisotopic (exact) mass is 290 g/mol. The minimum absolute atomic E-state index is 0.165. The standard InChI is InChI=1S/C15H22N4O2/c1-10-15(17-5-4-16-10)18-12-6-13(7-12)19(9-14(20)21)8-11-2-3-11/h4-5,11-13H,2-3,6-9H2,1H3,(H,17,18)(H,20,21). The molecule has 0 aliphatic heterocycles. The van der Waals surface area contributed by atoms with Gasteiger partial charge in [-0.05, 0) is 38.5 Å². The van der Waals surface area contributed by atoms with Crippen LogP contribution in [0.5, 0.6) is 0 Å². The molecule has 2 saturated carbocycles. The minimum Gasteiger partial charge on any atom is -0.480 e. The van der Waals surface area contributed by atoms with Crippen LogP contribution in [-0.2, 0) is 4.79 Å². The molecule has 114 valence electrons. The molecule has 6 nitrogen and oxygen atoms in total. The van der Waals surface area contributed by atoms with Crippen molar-refractivity contribution >= 4 is 11.8 Å². The maximum atomic E-state index is 11.0. The van der Waals surface area contributed by atoms with E-state index in [0.29, 0.717) is 12.1 Å². The molecule has 3 rings (SSSR count). The van der Waals surface area contributed by atoms with E-state index in [9.17, 15) is 4.79 Å². The summed E-state index contributed by atoms with van der Waals surface area (Å²) in [5, 5.41) is 12.5. The number of aliphatic carboxylic acids is 1. The van der Waals surface area contributed by atoms with E-state index in [-0.39, 0.29) is 6.54 Å². The summed E-state index contributed by atoms with van der Waals surface area (Å²) in [7, 11) is 0. The van der Waals surface area contributed by atoms with Crippen molar-refractivity contribution in [1.29, 1.82) is 0 Å². The van der Waals surface area contributed by atoms with Gasteiger partial charge in [0.1, 0.15) is 5.82 Å². The van der Waals surface area contributed by atoms with Crippen molar-refractivity contribution in [2.45, 2.75) is 44.7 Å². The lowest BCUT2D eigenvalue weighted by molar-refractivity contribution is -0.139. The quantitative estimate of drug-likeness (QED) is 0.793. The summed E-state index contributed by atoms with van der Waals surface area (Å²) in [6, 6.07) is 0.761. The van der Waals surface area contributed by atoms with Crippen LogP contribution in [0.1, 0.15) is 31.4 Å². The van der Waals surface area contributed by atoms with Gasteiger partial charge in [0.15, 0.2) is 0 Å². The molecule has 0 aromatic carbocycles. The van der Waals surface area contributed by atoms with Crippen molar-refractivity contribution in [1.82, 2.24) is 14.9 Å². The topological polar surface area (TPSA) is 78.4 Å². The molecule has 6 heteroatoms. The molecule has 2 aliphatic carbocycles. The molecule has 0 atom stereocenters. The van der Waals surface area contributed by atoms with E-state index in [1.165, 1.54) is 12.8 Å². The number of carbonyl (C=O) groups is 1. The van der Waals surface area contributed by atoms with Crippen LogP contribution in [0.15, 0.2) is 12.4 Å². The molecular weight excluding hydrogens is 268 g/mol. The first-order valence-corrected chi connectivity index (χ1v) is 7.62. The third-order valence-electron chi connectivity index (χ3n) is 4.38. The highest BCUT2D eigenvalue weighted by Gasteiger charge is 2.37. The average molecular weight is 290 g/mol. The maximum Gasteiger partial charge on any atom is 0.317 e. The van der Waals surface area contributed by atoms with Gasteiger partial charge in [0.25, 0.3) is 0 Å². The fourth-order valence-electron chi connectivity index (χ4n) is 2.89. The van der Waals surface area contributed by atoms with E-state index >= 15 is 0 Å². The summed E-state index contributed by atoms with van der Waals surface area (Å²) in [4.78, 5) is 21.7. The van der Waals surface area contributed by atoms with Crippen LogP contribution in [0.4, 0.5) is 5.82 Å². The van der Waals surface area contributed by atoms with E-state index in [1.54, 1.807) is 12.4 Å². The van der Waals surface area contributed by atoms with Gasteiger partial charge in [-0.1, -0.05) is 0 Å². The molecule has 0 unspecified atom stereocenters. The van der Waals surface area contributed by atoms with Crippen molar-refractivity contribution in [3.8, 4) is 0 Å². The fraction of sp³-hybridized carbons (Fsp3) is 0.667. The molecule has 1 aromatic heterocycles. The second-order valence-electron chi connectivity index (χ2n) is 6.22. The number of carboxylic acids is 1. The highest BCUT2D eigenvalue weighted by Crippen LogP contribution is 2.34.